The van der Waals surface area contributed by atoms with Crippen molar-refractivity contribution in [1.29, 1.82) is 0 Å². The zero-order valence-corrected chi connectivity index (χ0v) is 18.8. The molecule has 2 N–H and O–H groups in total. The van der Waals surface area contributed by atoms with Crippen molar-refractivity contribution < 1.29 is 18.0 Å². The van der Waals surface area contributed by atoms with Crippen LogP contribution in [-0.4, -0.2) is 42.6 Å². The number of anilines is 2. The number of fused-ring (bicyclic) bond motifs is 1. The average molecular weight is 471 g/mol. The van der Waals surface area contributed by atoms with E-state index in [0.29, 0.717) is 39.7 Å². The first-order valence-electron chi connectivity index (χ1n) is 10.5. The molecule has 1 aliphatic heterocycles. The maximum absolute atomic E-state index is 12.8. The van der Waals surface area contributed by atoms with Gasteiger partial charge in [-0.15, -0.1) is 0 Å². The van der Waals surface area contributed by atoms with Gasteiger partial charge in [-0.05, 0) is 68.1 Å². The summed E-state index contributed by atoms with van der Waals surface area (Å²) in [6.45, 7) is 1.10. The number of rotatable bonds is 6. The summed E-state index contributed by atoms with van der Waals surface area (Å²) >= 11 is 1.23. The quantitative estimate of drug-likeness (QED) is 0.571. The molecule has 1 aliphatic carbocycles. The molecule has 32 heavy (non-hydrogen) atoms. The lowest BCUT2D eigenvalue weighted by Crippen LogP contribution is -2.27. The Bertz CT molecular complexity index is 1290. The highest BCUT2D eigenvalue weighted by molar-refractivity contribution is 7.89. The van der Waals surface area contributed by atoms with Crippen molar-refractivity contribution in [2.75, 3.05) is 23.7 Å². The fourth-order valence-electron chi connectivity index (χ4n) is 3.66. The van der Waals surface area contributed by atoms with Gasteiger partial charge in [-0.3, -0.25) is 14.9 Å². The van der Waals surface area contributed by atoms with Crippen LogP contribution in [0.2, 0.25) is 0 Å². The topological polar surface area (TPSA) is 108 Å². The first-order valence-corrected chi connectivity index (χ1v) is 12.8. The van der Waals surface area contributed by atoms with Crippen molar-refractivity contribution in [3.63, 3.8) is 0 Å². The number of hydrogen-bond acceptors (Lipinski definition) is 6. The van der Waals surface area contributed by atoms with Gasteiger partial charge in [0, 0.05) is 30.3 Å². The highest BCUT2D eigenvalue weighted by Gasteiger charge is 2.29. The first kappa shape index (κ1) is 21.0. The number of benzene rings is 2. The second-order valence-electron chi connectivity index (χ2n) is 8.05. The molecule has 8 nitrogen and oxygen atoms in total. The Morgan fingerprint density at radius 1 is 1.00 bits per heavy atom. The third-order valence-corrected chi connectivity index (χ3v) is 8.47. The molecule has 2 heterocycles. The molecule has 0 unspecified atom stereocenters. The Labute approximate surface area is 189 Å². The van der Waals surface area contributed by atoms with Crippen molar-refractivity contribution in [3.8, 4) is 0 Å². The molecule has 2 aliphatic rings. The lowest BCUT2D eigenvalue weighted by molar-refractivity contribution is -0.117. The second kappa shape index (κ2) is 8.27. The summed E-state index contributed by atoms with van der Waals surface area (Å²) in [5, 5.41) is 6.01. The molecule has 1 saturated heterocycles. The zero-order chi connectivity index (χ0) is 22.3. The van der Waals surface area contributed by atoms with Gasteiger partial charge in [-0.25, -0.2) is 13.4 Å². The van der Waals surface area contributed by atoms with Gasteiger partial charge >= 0.3 is 0 Å². The van der Waals surface area contributed by atoms with Crippen LogP contribution in [0.3, 0.4) is 0 Å². The number of sulfonamides is 1. The molecule has 1 saturated carbocycles. The van der Waals surface area contributed by atoms with Crippen molar-refractivity contribution >= 4 is 54.2 Å². The number of nitrogens with one attached hydrogen (secondary N) is 2. The summed E-state index contributed by atoms with van der Waals surface area (Å²) in [6.07, 6.45) is 3.62. The van der Waals surface area contributed by atoms with E-state index in [4.69, 9.17) is 0 Å². The normalized spacial score (nSPS) is 16.9. The maximum atomic E-state index is 12.8. The minimum Gasteiger partial charge on any atom is -0.326 e. The van der Waals surface area contributed by atoms with Crippen molar-refractivity contribution in [3.05, 3.63) is 48.0 Å². The van der Waals surface area contributed by atoms with Gasteiger partial charge in [-0.1, -0.05) is 11.3 Å². The van der Waals surface area contributed by atoms with Crippen molar-refractivity contribution in [2.45, 2.75) is 30.6 Å². The van der Waals surface area contributed by atoms with Crippen LogP contribution < -0.4 is 10.6 Å². The van der Waals surface area contributed by atoms with Gasteiger partial charge in [0.2, 0.25) is 15.9 Å². The second-order valence-corrected chi connectivity index (χ2v) is 11.0. The average Bonchev–Trinajstić information content (AvgIpc) is 3.32. The van der Waals surface area contributed by atoms with E-state index >= 15 is 0 Å². The largest absolute Gasteiger partial charge is 0.326 e. The summed E-state index contributed by atoms with van der Waals surface area (Å²) < 4.78 is 27.8. The molecule has 2 amide bonds. The Hall–Kier alpha value is -2.82. The van der Waals surface area contributed by atoms with E-state index in [9.17, 15) is 18.0 Å². The standard InChI is InChI=1S/C22H22N4O4S2/c27-20(14-3-4-14)23-16-7-5-15(6-8-16)21(28)25-22-24-18-10-9-17(13-19(18)31-22)32(29,30)26-11-1-2-12-26/h5-10,13-14H,1-4,11-12H2,(H,23,27)(H,24,25,28). The molecule has 1 aromatic heterocycles. The highest BCUT2D eigenvalue weighted by Crippen LogP contribution is 2.31. The van der Waals surface area contributed by atoms with Gasteiger partial charge in [-0.2, -0.15) is 4.31 Å². The maximum Gasteiger partial charge on any atom is 0.257 e. The Morgan fingerprint density at radius 3 is 2.41 bits per heavy atom. The number of aromatic nitrogens is 1. The molecule has 0 atom stereocenters. The Kier molecular flexibility index (Phi) is 5.44. The summed E-state index contributed by atoms with van der Waals surface area (Å²) in [7, 11) is -3.51. The van der Waals surface area contributed by atoms with E-state index < -0.39 is 10.0 Å². The van der Waals surface area contributed by atoms with Gasteiger partial charge in [0.05, 0.1) is 15.1 Å². The third-order valence-electron chi connectivity index (χ3n) is 5.65. The number of amides is 2. The first-order chi connectivity index (χ1) is 15.4. The lowest BCUT2D eigenvalue weighted by atomic mass is 10.2. The fraction of sp³-hybridized carbons (Fsp3) is 0.318. The molecule has 0 radical (unpaired) electrons. The van der Waals surface area contributed by atoms with Crippen LogP contribution in [-0.2, 0) is 14.8 Å². The summed E-state index contributed by atoms with van der Waals surface area (Å²) in [6, 6.07) is 11.5. The molecule has 2 aromatic carbocycles. The molecule has 0 bridgehead atoms. The number of thiazole rings is 1. The number of carbonyl (C=O) groups excluding carboxylic acids is 2. The summed E-state index contributed by atoms with van der Waals surface area (Å²) in [5.41, 5.74) is 1.72. The molecule has 2 fully saturated rings. The molecule has 10 heteroatoms. The van der Waals surface area contributed by atoms with Gasteiger partial charge < -0.3 is 5.32 Å². The van der Waals surface area contributed by atoms with E-state index in [1.54, 1.807) is 42.5 Å². The monoisotopic (exact) mass is 470 g/mol. The van der Waals surface area contributed by atoms with Crippen LogP contribution in [0.15, 0.2) is 47.4 Å². The Balaban J connectivity index is 1.29. The van der Waals surface area contributed by atoms with E-state index in [1.807, 2.05) is 0 Å². The molecular weight excluding hydrogens is 448 g/mol. The van der Waals surface area contributed by atoms with Crippen LogP contribution >= 0.6 is 11.3 Å². The van der Waals surface area contributed by atoms with Crippen LogP contribution in [0.4, 0.5) is 10.8 Å². The minimum atomic E-state index is -3.51. The van der Waals surface area contributed by atoms with Gasteiger partial charge in [0.1, 0.15) is 0 Å². The predicted octanol–water partition coefficient (Wildman–Crippen LogP) is 3.68. The molecule has 3 aromatic rings. The number of carbonyl (C=O) groups is 2. The number of nitrogens with zero attached hydrogens (tertiary/aromatic N) is 2. The van der Waals surface area contributed by atoms with E-state index in [0.717, 1.165) is 25.7 Å². The Morgan fingerprint density at radius 2 is 1.72 bits per heavy atom. The predicted molar refractivity (Wildman–Crippen MR) is 123 cm³/mol. The lowest BCUT2D eigenvalue weighted by Gasteiger charge is -2.15. The summed E-state index contributed by atoms with van der Waals surface area (Å²) in [5.74, 6) is -0.195. The van der Waals surface area contributed by atoms with Gasteiger partial charge in [0.25, 0.3) is 5.91 Å². The molecular formula is C22H22N4O4S2. The molecule has 166 valence electrons. The molecule has 0 spiro atoms. The smallest absolute Gasteiger partial charge is 0.257 e. The zero-order valence-electron chi connectivity index (χ0n) is 17.2. The van der Waals surface area contributed by atoms with E-state index in [1.165, 1.54) is 15.6 Å². The van der Waals surface area contributed by atoms with Crippen molar-refractivity contribution in [1.82, 2.24) is 9.29 Å². The van der Waals surface area contributed by atoms with Crippen molar-refractivity contribution in [2.24, 2.45) is 5.92 Å². The third kappa shape index (κ3) is 4.25. The number of hydrogen-bond donors (Lipinski definition) is 2. The van der Waals surface area contributed by atoms with E-state index in [2.05, 4.69) is 15.6 Å². The molecule has 5 rings (SSSR count). The van der Waals surface area contributed by atoms with Crippen LogP contribution in [0, 0.1) is 5.92 Å². The SMILES string of the molecule is O=C(Nc1nc2ccc(S(=O)(=O)N3CCCC3)cc2s1)c1ccc(NC(=O)C2CC2)cc1. The van der Waals surface area contributed by atoms with E-state index in [-0.39, 0.29) is 22.6 Å². The highest BCUT2D eigenvalue weighted by atomic mass is 32.2. The van der Waals surface area contributed by atoms with Crippen LogP contribution in [0.25, 0.3) is 10.2 Å². The van der Waals surface area contributed by atoms with Crippen LogP contribution in [0.5, 0.6) is 0 Å². The fourth-order valence-corrected chi connectivity index (χ4v) is 6.18. The minimum absolute atomic E-state index is 0.0165. The van der Waals surface area contributed by atoms with Crippen LogP contribution in [0.1, 0.15) is 36.0 Å². The summed E-state index contributed by atoms with van der Waals surface area (Å²) in [4.78, 5) is 29.1. The van der Waals surface area contributed by atoms with Gasteiger partial charge in [0.15, 0.2) is 5.13 Å².